The molecule has 0 atom stereocenters. The van der Waals surface area contributed by atoms with Gasteiger partial charge in [-0.15, -0.1) is 0 Å². The van der Waals surface area contributed by atoms with Gasteiger partial charge in [0.2, 0.25) is 5.91 Å². The summed E-state index contributed by atoms with van der Waals surface area (Å²) >= 11 is 0. The number of hydrogen-bond donors (Lipinski definition) is 1. The summed E-state index contributed by atoms with van der Waals surface area (Å²) in [5.41, 5.74) is 1.01. The number of carbonyl (C=O) groups is 1. The predicted molar refractivity (Wildman–Crippen MR) is 82.2 cm³/mol. The average Bonchev–Trinajstić information content (AvgIpc) is 2.51. The summed E-state index contributed by atoms with van der Waals surface area (Å²) in [6, 6.07) is 7.13. The highest BCUT2D eigenvalue weighted by molar-refractivity contribution is 5.76. The molecule has 1 aliphatic rings. The Labute approximate surface area is 126 Å². The SMILES string of the molecule is CCN(CC1CCOCC1)C(=O)CCc1cccc(O)c1. The monoisotopic (exact) mass is 291 g/mol. The number of rotatable bonds is 6. The Bertz CT molecular complexity index is 455. The van der Waals surface area contributed by atoms with E-state index < -0.39 is 0 Å². The number of carbonyl (C=O) groups excluding carboxylic acids is 1. The molecule has 1 amide bonds. The molecule has 1 aromatic rings. The number of nitrogens with zero attached hydrogens (tertiary/aromatic N) is 1. The van der Waals surface area contributed by atoms with E-state index in [1.807, 2.05) is 24.0 Å². The van der Waals surface area contributed by atoms with Crippen LogP contribution in [0.2, 0.25) is 0 Å². The highest BCUT2D eigenvalue weighted by atomic mass is 16.5. The maximum absolute atomic E-state index is 12.3. The van der Waals surface area contributed by atoms with Crippen molar-refractivity contribution < 1.29 is 14.6 Å². The predicted octanol–water partition coefficient (Wildman–Crippen LogP) is 2.60. The zero-order chi connectivity index (χ0) is 15.1. The molecule has 1 heterocycles. The Morgan fingerprint density at radius 2 is 2.14 bits per heavy atom. The van der Waals surface area contributed by atoms with Gasteiger partial charge in [0.25, 0.3) is 0 Å². The van der Waals surface area contributed by atoms with Gasteiger partial charge in [-0.25, -0.2) is 0 Å². The van der Waals surface area contributed by atoms with Gasteiger partial charge in [-0.3, -0.25) is 4.79 Å². The minimum absolute atomic E-state index is 0.201. The van der Waals surface area contributed by atoms with Crippen LogP contribution in [0.15, 0.2) is 24.3 Å². The molecular formula is C17H25NO3. The van der Waals surface area contributed by atoms with E-state index in [0.717, 1.165) is 44.7 Å². The number of phenols is 1. The molecule has 21 heavy (non-hydrogen) atoms. The van der Waals surface area contributed by atoms with Gasteiger partial charge in [0, 0.05) is 32.7 Å². The van der Waals surface area contributed by atoms with Crippen molar-refractivity contribution >= 4 is 5.91 Å². The van der Waals surface area contributed by atoms with Gasteiger partial charge in [-0.1, -0.05) is 12.1 Å². The maximum atomic E-state index is 12.3. The molecule has 1 aliphatic heterocycles. The lowest BCUT2D eigenvalue weighted by molar-refractivity contribution is -0.132. The fourth-order valence-corrected chi connectivity index (χ4v) is 2.77. The molecule has 1 N–H and O–H groups in total. The van der Waals surface area contributed by atoms with Crippen LogP contribution in [0.1, 0.15) is 31.7 Å². The first-order valence-corrected chi connectivity index (χ1v) is 7.82. The number of ether oxygens (including phenoxy) is 1. The summed E-state index contributed by atoms with van der Waals surface area (Å²) in [5.74, 6) is 1.03. The van der Waals surface area contributed by atoms with Crippen molar-refractivity contribution in [3.8, 4) is 5.75 Å². The van der Waals surface area contributed by atoms with Gasteiger partial charge in [-0.2, -0.15) is 0 Å². The molecule has 1 fully saturated rings. The lowest BCUT2D eigenvalue weighted by atomic mass is 9.99. The Kier molecular flexibility index (Phi) is 6.05. The first kappa shape index (κ1) is 15.8. The van der Waals surface area contributed by atoms with E-state index in [1.54, 1.807) is 12.1 Å². The molecule has 0 saturated carbocycles. The van der Waals surface area contributed by atoms with Crippen molar-refractivity contribution in [1.29, 1.82) is 0 Å². The quantitative estimate of drug-likeness (QED) is 0.876. The van der Waals surface area contributed by atoms with Crippen molar-refractivity contribution in [2.75, 3.05) is 26.3 Å². The fraction of sp³-hybridized carbons (Fsp3) is 0.588. The maximum Gasteiger partial charge on any atom is 0.222 e. The third-order valence-corrected chi connectivity index (χ3v) is 4.09. The smallest absolute Gasteiger partial charge is 0.222 e. The van der Waals surface area contributed by atoms with E-state index in [0.29, 0.717) is 18.8 Å². The third kappa shape index (κ3) is 5.05. The van der Waals surface area contributed by atoms with E-state index in [2.05, 4.69) is 0 Å². The summed E-state index contributed by atoms with van der Waals surface area (Å²) in [7, 11) is 0. The molecule has 0 bridgehead atoms. The minimum Gasteiger partial charge on any atom is -0.508 e. The van der Waals surface area contributed by atoms with Crippen LogP contribution in [0.3, 0.4) is 0 Å². The number of benzene rings is 1. The molecule has 116 valence electrons. The van der Waals surface area contributed by atoms with Gasteiger partial charge >= 0.3 is 0 Å². The van der Waals surface area contributed by atoms with E-state index >= 15 is 0 Å². The fourth-order valence-electron chi connectivity index (χ4n) is 2.77. The van der Waals surface area contributed by atoms with Gasteiger partial charge in [0.1, 0.15) is 5.75 Å². The van der Waals surface area contributed by atoms with Gasteiger partial charge in [0.05, 0.1) is 0 Å². The van der Waals surface area contributed by atoms with Gasteiger partial charge in [-0.05, 0) is 49.8 Å². The van der Waals surface area contributed by atoms with E-state index in [9.17, 15) is 9.90 Å². The number of aromatic hydroxyl groups is 1. The van der Waals surface area contributed by atoms with Crippen LogP contribution in [0, 0.1) is 5.92 Å². The van der Waals surface area contributed by atoms with Crippen molar-refractivity contribution in [1.82, 2.24) is 4.90 Å². The van der Waals surface area contributed by atoms with Crippen molar-refractivity contribution in [3.05, 3.63) is 29.8 Å². The third-order valence-electron chi connectivity index (χ3n) is 4.09. The Morgan fingerprint density at radius 1 is 1.38 bits per heavy atom. The first-order chi connectivity index (χ1) is 10.2. The van der Waals surface area contributed by atoms with Crippen LogP contribution in [-0.2, 0) is 16.0 Å². The summed E-state index contributed by atoms with van der Waals surface area (Å²) in [5, 5.41) is 9.44. The van der Waals surface area contributed by atoms with Crippen LogP contribution in [-0.4, -0.2) is 42.2 Å². The van der Waals surface area contributed by atoms with Crippen LogP contribution in [0.5, 0.6) is 5.75 Å². The normalized spacial score (nSPS) is 15.9. The molecule has 1 saturated heterocycles. The van der Waals surface area contributed by atoms with E-state index in [1.165, 1.54) is 0 Å². The lowest BCUT2D eigenvalue weighted by Gasteiger charge is -2.29. The summed E-state index contributed by atoms with van der Waals surface area (Å²) in [6.07, 6.45) is 3.28. The molecule has 0 radical (unpaired) electrons. The van der Waals surface area contributed by atoms with E-state index in [-0.39, 0.29) is 11.7 Å². The minimum atomic E-state index is 0.201. The molecule has 1 aromatic carbocycles. The second-order valence-electron chi connectivity index (χ2n) is 5.66. The number of hydrogen-bond acceptors (Lipinski definition) is 3. The summed E-state index contributed by atoms with van der Waals surface area (Å²) in [6.45, 7) is 5.28. The first-order valence-electron chi connectivity index (χ1n) is 7.82. The summed E-state index contributed by atoms with van der Waals surface area (Å²) < 4.78 is 5.36. The molecule has 0 aromatic heterocycles. The van der Waals surface area contributed by atoms with Crippen LogP contribution < -0.4 is 0 Å². The van der Waals surface area contributed by atoms with Crippen molar-refractivity contribution in [2.24, 2.45) is 5.92 Å². The molecule has 0 unspecified atom stereocenters. The Morgan fingerprint density at radius 3 is 2.81 bits per heavy atom. The van der Waals surface area contributed by atoms with Gasteiger partial charge < -0.3 is 14.7 Å². The van der Waals surface area contributed by atoms with Crippen LogP contribution in [0.25, 0.3) is 0 Å². The Balaban J connectivity index is 1.82. The highest BCUT2D eigenvalue weighted by Crippen LogP contribution is 2.17. The molecule has 4 heteroatoms. The standard InChI is InChI=1S/C17H25NO3/c1-2-18(13-15-8-10-21-11-9-15)17(20)7-6-14-4-3-5-16(19)12-14/h3-5,12,15,19H,2,6-11,13H2,1H3. The molecule has 0 aliphatic carbocycles. The molecule has 4 nitrogen and oxygen atoms in total. The molecule has 2 rings (SSSR count). The molecular weight excluding hydrogens is 266 g/mol. The van der Waals surface area contributed by atoms with Crippen molar-refractivity contribution in [2.45, 2.75) is 32.6 Å². The number of phenolic OH excluding ortho intramolecular Hbond substituents is 1. The topological polar surface area (TPSA) is 49.8 Å². The van der Waals surface area contributed by atoms with Crippen LogP contribution >= 0.6 is 0 Å². The zero-order valence-corrected chi connectivity index (χ0v) is 12.8. The number of amides is 1. The van der Waals surface area contributed by atoms with E-state index in [4.69, 9.17) is 4.74 Å². The highest BCUT2D eigenvalue weighted by Gasteiger charge is 2.19. The average molecular weight is 291 g/mol. The zero-order valence-electron chi connectivity index (χ0n) is 12.8. The Hall–Kier alpha value is -1.55. The lowest BCUT2D eigenvalue weighted by Crippen LogP contribution is -2.37. The van der Waals surface area contributed by atoms with Crippen LogP contribution in [0.4, 0.5) is 0 Å². The largest absolute Gasteiger partial charge is 0.508 e. The second kappa shape index (κ2) is 8.03. The van der Waals surface area contributed by atoms with Crippen molar-refractivity contribution in [3.63, 3.8) is 0 Å². The van der Waals surface area contributed by atoms with Gasteiger partial charge in [0.15, 0.2) is 0 Å². The second-order valence-corrected chi connectivity index (χ2v) is 5.66. The summed E-state index contributed by atoms with van der Waals surface area (Å²) in [4.78, 5) is 14.3. The molecule has 0 spiro atoms. The number of aryl methyl sites for hydroxylation is 1.